The molecule has 3 aromatic rings. The zero-order valence-corrected chi connectivity index (χ0v) is 19.2. The van der Waals surface area contributed by atoms with Gasteiger partial charge in [-0.2, -0.15) is 0 Å². The number of sulfonamides is 1. The lowest BCUT2D eigenvalue weighted by Gasteiger charge is -2.21. The molecule has 1 amide bonds. The minimum Gasteiger partial charge on any atom is -0.497 e. The van der Waals surface area contributed by atoms with E-state index in [1.165, 1.54) is 12.1 Å². The van der Waals surface area contributed by atoms with Gasteiger partial charge in [0.2, 0.25) is 0 Å². The first-order valence-electron chi connectivity index (χ1n) is 10.4. The first kappa shape index (κ1) is 23.3. The highest BCUT2D eigenvalue weighted by Crippen LogP contribution is 2.24. The standard InChI is InChI=1S/C25H28N2O4S/c1-18(2)17-24(19-11-15-22(31-3)16-12-19)26-25(28)20-9-13-21(14-10-20)27-32(29,30)23-7-5-4-6-8-23/h4-16,18,24,27H,17H2,1-3H3,(H,26,28)/t24-/m0/s1. The van der Waals surface area contributed by atoms with Crippen LogP contribution in [-0.2, 0) is 10.0 Å². The number of methoxy groups -OCH3 is 1. The van der Waals surface area contributed by atoms with Crippen molar-refractivity contribution >= 4 is 21.6 Å². The van der Waals surface area contributed by atoms with Gasteiger partial charge in [-0.25, -0.2) is 8.42 Å². The van der Waals surface area contributed by atoms with Gasteiger partial charge in [0.25, 0.3) is 15.9 Å². The third-order valence-electron chi connectivity index (χ3n) is 4.98. The van der Waals surface area contributed by atoms with Gasteiger partial charge in [-0.05, 0) is 66.4 Å². The van der Waals surface area contributed by atoms with E-state index in [9.17, 15) is 13.2 Å². The lowest BCUT2D eigenvalue weighted by atomic mass is 9.96. The second-order valence-electron chi connectivity index (χ2n) is 7.92. The Hall–Kier alpha value is -3.32. The maximum Gasteiger partial charge on any atom is 0.261 e. The van der Waals surface area contributed by atoms with Crippen LogP contribution in [0.5, 0.6) is 5.75 Å². The molecule has 1 atom stereocenters. The predicted molar refractivity (Wildman–Crippen MR) is 126 cm³/mol. The number of rotatable bonds is 9. The molecule has 7 heteroatoms. The summed E-state index contributed by atoms with van der Waals surface area (Å²) in [4.78, 5) is 13.1. The molecule has 2 N–H and O–H groups in total. The van der Waals surface area contributed by atoms with Gasteiger partial charge in [0.1, 0.15) is 5.75 Å². The van der Waals surface area contributed by atoms with Gasteiger partial charge in [-0.15, -0.1) is 0 Å². The summed E-state index contributed by atoms with van der Waals surface area (Å²) in [6.45, 7) is 4.21. The fourth-order valence-corrected chi connectivity index (χ4v) is 4.41. The number of carbonyl (C=O) groups excluding carboxylic acids is 1. The highest BCUT2D eigenvalue weighted by atomic mass is 32.2. The SMILES string of the molecule is COc1ccc([C@H](CC(C)C)NC(=O)c2ccc(NS(=O)(=O)c3ccccc3)cc2)cc1. The smallest absolute Gasteiger partial charge is 0.261 e. The van der Waals surface area contributed by atoms with Crippen molar-refractivity contribution < 1.29 is 17.9 Å². The molecule has 0 aliphatic heterocycles. The molecule has 0 heterocycles. The lowest BCUT2D eigenvalue weighted by Crippen LogP contribution is -2.29. The van der Waals surface area contributed by atoms with Crippen LogP contribution in [0.4, 0.5) is 5.69 Å². The topological polar surface area (TPSA) is 84.5 Å². The molecule has 0 unspecified atom stereocenters. The second kappa shape index (κ2) is 10.3. The summed E-state index contributed by atoms with van der Waals surface area (Å²) < 4.78 is 32.7. The van der Waals surface area contributed by atoms with Gasteiger partial charge >= 0.3 is 0 Å². The molecule has 0 saturated carbocycles. The van der Waals surface area contributed by atoms with Crippen LogP contribution in [0.15, 0.2) is 83.8 Å². The van der Waals surface area contributed by atoms with E-state index < -0.39 is 10.0 Å². The molecule has 0 spiro atoms. The van der Waals surface area contributed by atoms with Crippen molar-refractivity contribution in [1.82, 2.24) is 5.32 Å². The highest BCUT2D eigenvalue weighted by Gasteiger charge is 2.18. The van der Waals surface area contributed by atoms with Crippen LogP contribution in [-0.4, -0.2) is 21.4 Å². The van der Waals surface area contributed by atoms with Crippen LogP contribution in [0.1, 0.15) is 42.2 Å². The summed E-state index contributed by atoms with van der Waals surface area (Å²) in [6, 6.07) is 22.0. The van der Waals surface area contributed by atoms with E-state index in [1.54, 1.807) is 49.6 Å². The number of ether oxygens (including phenoxy) is 1. The Kier molecular flexibility index (Phi) is 7.53. The third-order valence-corrected chi connectivity index (χ3v) is 6.38. The van der Waals surface area contributed by atoms with Crippen LogP contribution in [0, 0.1) is 5.92 Å². The van der Waals surface area contributed by atoms with Crippen molar-refractivity contribution in [3.05, 3.63) is 90.0 Å². The molecular formula is C25H28N2O4S. The first-order chi connectivity index (χ1) is 15.3. The normalized spacial score (nSPS) is 12.2. The van der Waals surface area contributed by atoms with Gasteiger partial charge in [0.15, 0.2) is 0 Å². The van der Waals surface area contributed by atoms with Gasteiger partial charge in [-0.1, -0.05) is 44.2 Å². The molecule has 32 heavy (non-hydrogen) atoms. The maximum atomic E-state index is 12.9. The number of anilines is 1. The van der Waals surface area contributed by atoms with Gasteiger partial charge in [0, 0.05) is 11.3 Å². The zero-order valence-electron chi connectivity index (χ0n) is 18.4. The Morgan fingerprint density at radius 2 is 1.53 bits per heavy atom. The van der Waals surface area contributed by atoms with Crippen molar-refractivity contribution in [2.24, 2.45) is 5.92 Å². The van der Waals surface area contributed by atoms with E-state index in [2.05, 4.69) is 23.9 Å². The second-order valence-corrected chi connectivity index (χ2v) is 9.61. The molecule has 0 aromatic heterocycles. The average Bonchev–Trinajstić information content (AvgIpc) is 2.79. The molecule has 0 aliphatic rings. The number of nitrogens with one attached hydrogen (secondary N) is 2. The Bertz CT molecular complexity index is 1130. The lowest BCUT2D eigenvalue weighted by molar-refractivity contribution is 0.0932. The first-order valence-corrected chi connectivity index (χ1v) is 11.9. The summed E-state index contributed by atoms with van der Waals surface area (Å²) in [5.41, 5.74) is 1.84. The molecule has 3 aromatic carbocycles. The largest absolute Gasteiger partial charge is 0.497 e. The molecule has 0 radical (unpaired) electrons. The summed E-state index contributed by atoms with van der Waals surface area (Å²) in [5.74, 6) is 0.929. The van der Waals surface area contributed by atoms with E-state index in [4.69, 9.17) is 4.74 Å². The van der Waals surface area contributed by atoms with E-state index in [1.807, 2.05) is 24.3 Å². The van der Waals surface area contributed by atoms with Crippen LogP contribution in [0.2, 0.25) is 0 Å². The van der Waals surface area contributed by atoms with Gasteiger partial charge < -0.3 is 10.1 Å². The Balaban J connectivity index is 1.72. The maximum absolute atomic E-state index is 12.9. The Morgan fingerprint density at radius 1 is 0.906 bits per heavy atom. The third kappa shape index (κ3) is 6.11. The summed E-state index contributed by atoms with van der Waals surface area (Å²) in [7, 11) is -2.06. The Labute approximate surface area is 189 Å². The van der Waals surface area contributed by atoms with Gasteiger partial charge in [-0.3, -0.25) is 9.52 Å². The van der Waals surface area contributed by atoms with Crippen LogP contribution in [0.3, 0.4) is 0 Å². The molecule has 0 fully saturated rings. The van der Waals surface area contributed by atoms with E-state index >= 15 is 0 Å². The van der Waals surface area contributed by atoms with Crippen LogP contribution < -0.4 is 14.8 Å². The number of amides is 1. The van der Waals surface area contributed by atoms with E-state index in [0.717, 1.165) is 17.7 Å². The summed E-state index contributed by atoms with van der Waals surface area (Å²) in [6.07, 6.45) is 0.785. The molecule has 3 rings (SSSR count). The molecule has 0 bridgehead atoms. The zero-order chi connectivity index (χ0) is 23.1. The molecule has 168 valence electrons. The van der Waals surface area contributed by atoms with Gasteiger partial charge in [0.05, 0.1) is 18.0 Å². The number of benzene rings is 3. The van der Waals surface area contributed by atoms with Crippen molar-refractivity contribution in [1.29, 1.82) is 0 Å². The summed E-state index contributed by atoms with van der Waals surface area (Å²) in [5, 5.41) is 3.09. The number of hydrogen-bond acceptors (Lipinski definition) is 4. The minimum absolute atomic E-state index is 0.148. The summed E-state index contributed by atoms with van der Waals surface area (Å²) >= 11 is 0. The fraction of sp³-hybridized carbons (Fsp3) is 0.240. The van der Waals surface area contributed by atoms with Crippen molar-refractivity contribution in [3.8, 4) is 5.75 Å². The van der Waals surface area contributed by atoms with Crippen molar-refractivity contribution in [2.45, 2.75) is 31.2 Å². The van der Waals surface area contributed by atoms with Crippen molar-refractivity contribution in [3.63, 3.8) is 0 Å². The van der Waals surface area contributed by atoms with E-state index in [-0.39, 0.29) is 16.8 Å². The number of hydrogen-bond donors (Lipinski definition) is 2. The molecule has 0 aliphatic carbocycles. The van der Waals surface area contributed by atoms with Crippen LogP contribution >= 0.6 is 0 Å². The van der Waals surface area contributed by atoms with Crippen LogP contribution in [0.25, 0.3) is 0 Å². The minimum atomic E-state index is -3.68. The monoisotopic (exact) mass is 452 g/mol. The highest BCUT2D eigenvalue weighted by molar-refractivity contribution is 7.92. The Morgan fingerprint density at radius 3 is 2.09 bits per heavy atom. The predicted octanol–water partition coefficient (Wildman–Crippen LogP) is 5.01. The molecule has 6 nitrogen and oxygen atoms in total. The van der Waals surface area contributed by atoms with E-state index in [0.29, 0.717) is 17.2 Å². The number of carbonyl (C=O) groups is 1. The fourth-order valence-electron chi connectivity index (χ4n) is 3.33. The van der Waals surface area contributed by atoms with Crippen molar-refractivity contribution in [2.75, 3.05) is 11.8 Å². The molecule has 0 saturated heterocycles. The quantitative estimate of drug-likeness (QED) is 0.478. The molecular weight excluding hydrogens is 424 g/mol. The average molecular weight is 453 g/mol.